The molecule has 0 aliphatic carbocycles. The molecule has 0 fully saturated rings. The molecule has 31 heavy (non-hydrogen) atoms. The highest BCUT2D eigenvalue weighted by atomic mass is 32.1. The Labute approximate surface area is 189 Å². The first-order valence-electron chi connectivity index (χ1n) is 10.0. The number of benzene rings is 1. The molecular formula is C23H24N4O2S2. The third-order valence-corrected chi connectivity index (χ3v) is 6.89. The van der Waals surface area contributed by atoms with E-state index in [0.717, 1.165) is 26.7 Å². The summed E-state index contributed by atoms with van der Waals surface area (Å²) in [4.78, 5) is 29.4. The predicted molar refractivity (Wildman–Crippen MR) is 127 cm³/mol. The van der Waals surface area contributed by atoms with Crippen molar-refractivity contribution in [3.05, 3.63) is 74.6 Å². The maximum atomic E-state index is 13.1. The number of amides is 2. The number of aryl methyl sites for hydroxylation is 1. The van der Waals surface area contributed by atoms with Gasteiger partial charge in [-0.05, 0) is 49.0 Å². The van der Waals surface area contributed by atoms with Gasteiger partial charge in [0.25, 0.3) is 5.91 Å². The molecule has 1 unspecified atom stereocenters. The van der Waals surface area contributed by atoms with Crippen molar-refractivity contribution in [2.45, 2.75) is 19.4 Å². The second-order valence-corrected chi connectivity index (χ2v) is 9.51. The van der Waals surface area contributed by atoms with Crippen LogP contribution in [0.1, 0.15) is 27.8 Å². The van der Waals surface area contributed by atoms with Crippen LogP contribution in [0.4, 0.5) is 5.69 Å². The van der Waals surface area contributed by atoms with Crippen LogP contribution >= 0.6 is 22.7 Å². The van der Waals surface area contributed by atoms with Gasteiger partial charge in [-0.2, -0.15) is 5.10 Å². The van der Waals surface area contributed by atoms with Crippen molar-refractivity contribution in [3.8, 4) is 0 Å². The lowest BCUT2D eigenvalue weighted by atomic mass is 10.1. The van der Waals surface area contributed by atoms with E-state index in [1.54, 1.807) is 39.6 Å². The summed E-state index contributed by atoms with van der Waals surface area (Å²) in [6, 6.07) is 15.6. The molecule has 160 valence electrons. The number of hydrogen-bond donors (Lipinski definition) is 1. The minimum Gasteiger partial charge on any atom is -0.325 e. The lowest BCUT2D eigenvalue weighted by Crippen LogP contribution is -2.39. The lowest BCUT2D eigenvalue weighted by Gasteiger charge is -2.23. The molecule has 3 aromatic rings. The highest BCUT2D eigenvalue weighted by Gasteiger charge is 2.34. The number of nitrogens with one attached hydrogen (secondary N) is 1. The van der Waals surface area contributed by atoms with Crippen LogP contribution in [0.5, 0.6) is 0 Å². The van der Waals surface area contributed by atoms with Gasteiger partial charge in [0.2, 0.25) is 5.91 Å². The van der Waals surface area contributed by atoms with Crippen LogP contribution in [0.25, 0.3) is 0 Å². The molecule has 2 aromatic heterocycles. The summed E-state index contributed by atoms with van der Waals surface area (Å²) >= 11 is 3.26. The number of hydrazone groups is 1. The van der Waals surface area contributed by atoms with E-state index in [4.69, 9.17) is 0 Å². The summed E-state index contributed by atoms with van der Waals surface area (Å²) in [5.41, 5.74) is 2.81. The molecule has 4 rings (SSSR count). The Morgan fingerprint density at radius 2 is 1.84 bits per heavy atom. The van der Waals surface area contributed by atoms with Gasteiger partial charge in [0.05, 0.1) is 29.7 Å². The van der Waals surface area contributed by atoms with Crippen molar-refractivity contribution < 1.29 is 9.59 Å². The summed E-state index contributed by atoms with van der Waals surface area (Å²) in [6.07, 6.45) is 0.699. The lowest BCUT2D eigenvalue weighted by molar-refractivity contribution is -0.134. The Hall–Kier alpha value is -2.81. The molecule has 0 spiro atoms. The van der Waals surface area contributed by atoms with Crippen molar-refractivity contribution in [2.24, 2.45) is 5.10 Å². The minimum absolute atomic E-state index is 0.0978. The van der Waals surface area contributed by atoms with E-state index in [-0.39, 0.29) is 30.9 Å². The van der Waals surface area contributed by atoms with Gasteiger partial charge in [-0.25, -0.2) is 5.01 Å². The second kappa shape index (κ2) is 9.55. The molecule has 1 aliphatic heterocycles. The summed E-state index contributed by atoms with van der Waals surface area (Å²) in [6.45, 7) is 2.24. The monoisotopic (exact) mass is 452 g/mol. The van der Waals surface area contributed by atoms with Crippen LogP contribution < -0.4 is 5.32 Å². The van der Waals surface area contributed by atoms with Crippen LogP contribution in [-0.4, -0.2) is 47.6 Å². The van der Waals surface area contributed by atoms with E-state index in [1.165, 1.54) is 0 Å². The second-order valence-electron chi connectivity index (χ2n) is 7.58. The van der Waals surface area contributed by atoms with Crippen LogP contribution in [0.2, 0.25) is 0 Å². The Kier molecular flexibility index (Phi) is 6.60. The van der Waals surface area contributed by atoms with Crippen LogP contribution in [0.15, 0.2) is 64.4 Å². The third kappa shape index (κ3) is 5.28. The zero-order chi connectivity index (χ0) is 21.8. The van der Waals surface area contributed by atoms with E-state index in [2.05, 4.69) is 10.4 Å². The fraction of sp³-hybridized carbons (Fsp3) is 0.261. The van der Waals surface area contributed by atoms with Crippen LogP contribution in [0.3, 0.4) is 0 Å². The Balaban J connectivity index is 1.40. The topological polar surface area (TPSA) is 65.0 Å². The van der Waals surface area contributed by atoms with E-state index in [1.807, 2.05) is 66.2 Å². The average molecular weight is 453 g/mol. The first kappa shape index (κ1) is 21.4. The Bertz CT molecular complexity index is 1060. The van der Waals surface area contributed by atoms with Crippen molar-refractivity contribution >= 4 is 45.9 Å². The number of rotatable bonds is 7. The molecule has 8 heteroatoms. The number of thiophene rings is 2. The quantitative estimate of drug-likeness (QED) is 0.579. The van der Waals surface area contributed by atoms with Crippen molar-refractivity contribution in [1.82, 2.24) is 9.91 Å². The maximum absolute atomic E-state index is 13.1. The molecule has 0 saturated carbocycles. The average Bonchev–Trinajstić information content (AvgIpc) is 3.49. The number of hydrogen-bond acceptors (Lipinski definition) is 6. The smallest absolute Gasteiger partial charge is 0.257 e. The molecule has 0 saturated heterocycles. The van der Waals surface area contributed by atoms with Gasteiger partial charge in [-0.1, -0.05) is 29.8 Å². The zero-order valence-corrected chi connectivity index (χ0v) is 19.1. The van der Waals surface area contributed by atoms with Crippen molar-refractivity contribution in [1.29, 1.82) is 0 Å². The molecule has 1 aromatic carbocycles. The molecule has 0 radical (unpaired) electrons. The number of likely N-dealkylation sites (N-methyl/N-ethyl adjacent to an activating group) is 1. The van der Waals surface area contributed by atoms with Gasteiger partial charge in [-0.3, -0.25) is 14.5 Å². The molecule has 1 N–H and O–H groups in total. The predicted octanol–water partition coefficient (Wildman–Crippen LogP) is 4.37. The van der Waals surface area contributed by atoms with Gasteiger partial charge in [0, 0.05) is 17.0 Å². The first-order chi connectivity index (χ1) is 15.0. The van der Waals surface area contributed by atoms with Gasteiger partial charge in [0.15, 0.2) is 0 Å². The molecule has 3 heterocycles. The molecule has 0 bridgehead atoms. The fourth-order valence-electron chi connectivity index (χ4n) is 3.48. The highest BCUT2D eigenvalue weighted by Crippen LogP contribution is 2.35. The molecule has 1 atom stereocenters. The highest BCUT2D eigenvalue weighted by molar-refractivity contribution is 7.12. The SMILES string of the molecule is Cc1ccc(NC(=O)CN(C)CC(=O)N2N=C(c3cccs3)CC2c2cccs2)cc1. The molecule has 6 nitrogen and oxygen atoms in total. The normalized spacial score (nSPS) is 15.9. The van der Waals surface area contributed by atoms with Gasteiger partial charge in [-0.15, -0.1) is 22.7 Å². The summed E-state index contributed by atoms with van der Waals surface area (Å²) in [5, 5.41) is 13.2. The Morgan fingerprint density at radius 3 is 2.52 bits per heavy atom. The fourth-order valence-corrected chi connectivity index (χ4v) is 5.01. The largest absolute Gasteiger partial charge is 0.325 e. The Morgan fingerprint density at radius 1 is 1.10 bits per heavy atom. The summed E-state index contributed by atoms with van der Waals surface area (Å²) in [5.74, 6) is -0.270. The zero-order valence-electron chi connectivity index (χ0n) is 17.4. The van der Waals surface area contributed by atoms with E-state index >= 15 is 0 Å². The van der Waals surface area contributed by atoms with Crippen LogP contribution in [0, 0.1) is 6.92 Å². The van der Waals surface area contributed by atoms with E-state index in [0.29, 0.717) is 6.42 Å². The summed E-state index contributed by atoms with van der Waals surface area (Å²) < 4.78 is 0. The van der Waals surface area contributed by atoms with Gasteiger partial charge >= 0.3 is 0 Å². The van der Waals surface area contributed by atoms with Gasteiger partial charge in [0.1, 0.15) is 0 Å². The first-order valence-corrected chi connectivity index (χ1v) is 11.8. The minimum atomic E-state index is -0.154. The summed E-state index contributed by atoms with van der Waals surface area (Å²) in [7, 11) is 1.77. The number of nitrogens with zero attached hydrogens (tertiary/aromatic N) is 3. The van der Waals surface area contributed by atoms with E-state index < -0.39 is 0 Å². The van der Waals surface area contributed by atoms with Crippen molar-refractivity contribution in [2.75, 3.05) is 25.5 Å². The molecule has 1 aliphatic rings. The third-order valence-electron chi connectivity index (χ3n) is 5.00. The number of carbonyl (C=O) groups excluding carboxylic acids is 2. The maximum Gasteiger partial charge on any atom is 0.257 e. The number of carbonyl (C=O) groups is 2. The van der Waals surface area contributed by atoms with Crippen molar-refractivity contribution in [3.63, 3.8) is 0 Å². The van der Waals surface area contributed by atoms with Gasteiger partial charge < -0.3 is 5.32 Å². The molecular weight excluding hydrogens is 428 g/mol. The van der Waals surface area contributed by atoms with Crippen LogP contribution in [-0.2, 0) is 9.59 Å². The standard InChI is InChI=1S/C23H24N4O2S2/c1-16-7-9-17(10-8-16)24-22(28)14-26(2)15-23(29)27-19(21-6-4-12-31-21)13-18(25-27)20-5-3-11-30-20/h3-12,19H,13-15H2,1-2H3,(H,24,28). The molecule has 2 amide bonds. The van der Waals surface area contributed by atoms with E-state index in [9.17, 15) is 9.59 Å². The number of anilines is 1.